The first-order valence-corrected chi connectivity index (χ1v) is 15.1. The molecule has 0 saturated heterocycles. The monoisotopic (exact) mass is 524 g/mol. The van der Waals surface area contributed by atoms with Crippen molar-refractivity contribution in [1.82, 2.24) is 4.90 Å². The average Bonchev–Trinajstić information content (AvgIpc) is 2.94. The Morgan fingerprint density at radius 3 is 2.03 bits per heavy atom. The van der Waals surface area contributed by atoms with E-state index in [1.807, 2.05) is 0 Å². The molecule has 3 aromatic rings. The first-order valence-electron chi connectivity index (χ1n) is 15.1. The number of aryl methyl sites for hydroxylation is 2. The van der Waals surface area contributed by atoms with E-state index < -0.39 is 0 Å². The van der Waals surface area contributed by atoms with E-state index >= 15 is 0 Å². The van der Waals surface area contributed by atoms with Crippen LogP contribution < -0.4 is 5.32 Å². The van der Waals surface area contributed by atoms with Crippen molar-refractivity contribution in [2.24, 2.45) is 0 Å². The zero-order valence-electron chi connectivity index (χ0n) is 24.7. The van der Waals surface area contributed by atoms with E-state index in [-0.39, 0.29) is 12.1 Å². The smallest absolute Gasteiger partial charge is 0.322 e. The highest BCUT2D eigenvalue weighted by Crippen LogP contribution is 2.36. The highest BCUT2D eigenvalue weighted by Gasteiger charge is 2.30. The third-order valence-corrected chi connectivity index (χ3v) is 8.63. The number of hydrogen-bond acceptors (Lipinski definition) is 1. The number of anilines is 1. The van der Waals surface area contributed by atoms with Gasteiger partial charge in [0.05, 0.1) is 0 Å². The number of carbonyl (C=O) groups excluding carboxylic acids is 1. The van der Waals surface area contributed by atoms with Gasteiger partial charge >= 0.3 is 6.03 Å². The number of benzene rings is 3. The van der Waals surface area contributed by atoms with E-state index in [2.05, 4.69) is 118 Å². The van der Waals surface area contributed by atoms with Crippen LogP contribution in [-0.2, 0) is 6.42 Å². The van der Waals surface area contributed by atoms with Crippen molar-refractivity contribution in [3.05, 3.63) is 101 Å². The SMILES string of the molecule is Cc1ccccc1CCCCN(C(=O)Nc1c(C(C)C)cccc1C(C)C)C1CCC(c2ccccc2)CC1. The maximum atomic E-state index is 14.0. The molecule has 1 saturated carbocycles. The lowest BCUT2D eigenvalue weighted by Crippen LogP contribution is -2.45. The van der Waals surface area contributed by atoms with Gasteiger partial charge in [0.1, 0.15) is 0 Å². The Bertz CT molecular complexity index is 1170. The predicted molar refractivity (Wildman–Crippen MR) is 166 cm³/mol. The lowest BCUT2D eigenvalue weighted by atomic mass is 9.81. The van der Waals surface area contributed by atoms with Crippen LogP contribution in [0.3, 0.4) is 0 Å². The number of carbonyl (C=O) groups is 1. The van der Waals surface area contributed by atoms with Crippen molar-refractivity contribution in [2.75, 3.05) is 11.9 Å². The molecule has 0 unspecified atom stereocenters. The van der Waals surface area contributed by atoms with Crippen molar-refractivity contribution in [2.45, 2.75) is 103 Å². The van der Waals surface area contributed by atoms with Gasteiger partial charge in [0.25, 0.3) is 0 Å². The molecule has 0 radical (unpaired) electrons. The van der Waals surface area contributed by atoms with E-state index in [0.717, 1.165) is 57.2 Å². The number of amides is 2. The second-order valence-electron chi connectivity index (χ2n) is 12.0. The minimum atomic E-state index is 0.0732. The fourth-order valence-electron chi connectivity index (χ4n) is 6.26. The van der Waals surface area contributed by atoms with E-state index in [9.17, 15) is 4.79 Å². The second-order valence-corrected chi connectivity index (χ2v) is 12.0. The lowest BCUT2D eigenvalue weighted by Gasteiger charge is -2.37. The Morgan fingerprint density at radius 2 is 1.41 bits per heavy atom. The zero-order valence-corrected chi connectivity index (χ0v) is 24.7. The highest BCUT2D eigenvalue weighted by atomic mass is 16.2. The van der Waals surface area contributed by atoms with Crippen molar-refractivity contribution >= 4 is 11.7 Å². The molecule has 0 spiro atoms. The summed E-state index contributed by atoms with van der Waals surface area (Å²) in [6, 6.07) is 26.4. The largest absolute Gasteiger partial charge is 0.322 e. The summed E-state index contributed by atoms with van der Waals surface area (Å²) in [6.07, 6.45) is 7.58. The van der Waals surface area contributed by atoms with Gasteiger partial charge in [-0.05, 0) is 97.4 Å². The normalized spacial score (nSPS) is 17.4. The maximum Gasteiger partial charge on any atom is 0.322 e. The lowest BCUT2D eigenvalue weighted by molar-refractivity contribution is 0.161. The fourth-order valence-corrected chi connectivity index (χ4v) is 6.26. The number of rotatable bonds is 10. The summed E-state index contributed by atoms with van der Waals surface area (Å²) in [4.78, 5) is 16.2. The highest BCUT2D eigenvalue weighted by molar-refractivity contribution is 5.91. The molecular weight excluding hydrogens is 476 g/mol. The summed E-state index contributed by atoms with van der Waals surface area (Å²) in [5, 5.41) is 3.44. The molecule has 39 heavy (non-hydrogen) atoms. The molecular formula is C36H48N2O. The Balaban J connectivity index is 1.49. The number of nitrogens with zero attached hydrogens (tertiary/aromatic N) is 1. The van der Waals surface area contributed by atoms with Crippen LogP contribution >= 0.6 is 0 Å². The van der Waals surface area contributed by atoms with Crippen LogP contribution in [0.2, 0.25) is 0 Å². The molecule has 1 aliphatic rings. The first-order chi connectivity index (χ1) is 18.8. The van der Waals surface area contributed by atoms with Gasteiger partial charge in [-0.2, -0.15) is 0 Å². The van der Waals surface area contributed by atoms with Crippen molar-refractivity contribution < 1.29 is 4.79 Å². The molecule has 1 fully saturated rings. The summed E-state index contributed by atoms with van der Waals surface area (Å²) in [7, 11) is 0. The van der Waals surface area contributed by atoms with Crippen molar-refractivity contribution in [3.8, 4) is 0 Å². The summed E-state index contributed by atoms with van der Waals surface area (Å²) >= 11 is 0. The number of para-hydroxylation sites is 1. The van der Waals surface area contributed by atoms with E-state index in [1.165, 1.54) is 27.8 Å². The second kappa shape index (κ2) is 13.8. The fraction of sp³-hybridized carbons (Fsp3) is 0.472. The van der Waals surface area contributed by atoms with Crippen molar-refractivity contribution in [1.29, 1.82) is 0 Å². The van der Waals surface area contributed by atoms with Gasteiger partial charge in [-0.3, -0.25) is 0 Å². The van der Waals surface area contributed by atoms with Crippen LogP contribution in [0.1, 0.15) is 112 Å². The summed E-state index contributed by atoms with van der Waals surface area (Å²) in [5.41, 5.74) is 7.69. The van der Waals surface area contributed by atoms with Crippen molar-refractivity contribution in [3.63, 3.8) is 0 Å². The number of unbranched alkanes of at least 4 members (excludes halogenated alkanes) is 1. The van der Waals surface area contributed by atoms with E-state index in [4.69, 9.17) is 0 Å². The van der Waals surface area contributed by atoms with Gasteiger partial charge in [-0.15, -0.1) is 0 Å². The molecule has 0 heterocycles. The maximum absolute atomic E-state index is 14.0. The van der Waals surface area contributed by atoms with Gasteiger partial charge in [-0.25, -0.2) is 4.79 Å². The Kier molecular flexibility index (Phi) is 10.3. The topological polar surface area (TPSA) is 32.3 Å². The van der Waals surface area contributed by atoms with Gasteiger partial charge in [-0.1, -0.05) is 100 Å². The number of nitrogens with one attached hydrogen (secondary N) is 1. The standard InChI is InChI=1S/C36H48N2O/c1-26(2)33-19-13-20-34(27(3)4)35(33)37-36(39)38(25-12-11-16-29-15-10-9-14-28(29)5)32-23-21-31(22-24-32)30-17-7-6-8-18-30/h6-10,13-15,17-20,26-27,31-32H,11-12,16,21-25H2,1-5H3,(H,37,39). The predicted octanol–water partition coefficient (Wildman–Crippen LogP) is 9.83. The van der Waals surface area contributed by atoms with Gasteiger partial charge in [0.15, 0.2) is 0 Å². The minimum Gasteiger partial charge on any atom is -0.322 e. The third kappa shape index (κ3) is 7.53. The number of hydrogen-bond donors (Lipinski definition) is 1. The third-order valence-electron chi connectivity index (χ3n) is 8.63. The van der Waals surface area contributed by atoms with E-state index in [0.29, 0.717) is 17.8 Å². The Morgan fingerprint density at radius 1 is 0.795 bits per heavy atom. The molecule has 0 aromatic heterocycles. The molecule has 3 nitrogen and oxygen atoms in total. The van der Waals surface area contributed by atoms with Gasteiger partial charge in [0.2, 0.25) is 0 Å². The summed E-state index contributed by atoms with van der Waals surface area (Å²) in [6.45, 7) is 11.8. The van der Waals surface area contributed by atoms with Crippen LogP contribution in [0.5, 0.6) is 0 Å². The summed E-state index contributed by atoms with van der Waals surface area (Å²) < 4.78 is 0. The number of urea groups is 1. The molecule has 208 valence electrons. The summed E-state index contributed by atoms with van der Waals surface area (Å²) in [5.74, 6) is 1.30. The molecule has 3 aromatic carbocycles. The zero-order chi connectivity index (χ0) is 27.8. The first kappa shape index (κ1) is 28.9. The molecule has 4 rings (SSSR count). The Labute approximate surface area is 237 Å². The molecule has 1 aliphatic carbocycles. The van der Waals surface area contributed by atoms with Gasteiger partial charge in [0, 0.05) is 18.3 Å². The van der Waals surface area contributed by atoms with E-state index in [1.54, 1.807) is 0 Å². The molecule has 0 bridgehead atoms. The molecule has 0 aliphatic heterocycles. The quantitative estimate of drug-likeness (QED) is 0.263. The average molecular weight is 525 g/mol. The molecule has 3 heteroatoms. The van der Waals surface area contributed by atoms with Gasteiger partial charge < -0.3 is 10.2 Å². The van der Waals surface area contributed by atoms with Crippen LogP contribution in [0.25, 0.3) is 0 Å². The minimum absolute atomic E-state index is 0.0732. The van der Waals surface area contributed by atoms with Crippen LogP contribution in [-0.4, -0.2) is 23.5 Å². The van der Waals surface area contributed by atoms with Crippen LogP contribution in [0, 0.1) is 6.92 Å². The molecule has 0 atom stereocenters. The van der Waals surface area contributed by atoms with Crippen LogP contribution in [0.4, 0.5) is 10.5 Å². The van der Waals surface area contributed by atoms with Crippen LogP contribution in [0.15, 0.2) is 72.8 Å². The Hall–Kier alpha value is -3.07. The molecule has 2 amide bonds. The molecule has 1 N–H and O–H groups in total.